The molecule has 0 bridgehead atoms. The first-order valence-corrected chi connectivity index (χ1v) is 10.5. The Balaban J connectivity index is 1.35. The lowest BCUT2D eigenvalue weighted by Gasteiger charge is -2.17. The Kier molecular flexibility index (Phi) is 6.29. The van der Waals surface area contributed by atoms with Gasteiger partial charge in [-0.1, -0.05) is 0 Å². The van der Waals surface area contributed by atoms with Crippen molar-refractivity contribution in [2.24, 2.45) is 0 Å². The van der Waals surface area contributed by atoms with E-state index in [1.807, 2.05) is 0 Å². The lowest BCUT2D eigenvalue weighted by atomic mass is 10.1. The monoisotopic (exact) mass is 488 g/mol. The number of hydrogen-bond donors (Lipinski definition) is 4. The van der Waals surface area contributed by atoms with Gasteiger partial charge in [-0.2, -0.15) is 13.2 Å². The SMILES string of the molecule is Nc1cncc(C(=O)NC2(C(=O)NCc3ccc(Nc4ccc(F)cc4C(F)(F)F)cn3)CC2)c1. The third-order valence-corrected chi connectivity index (χ3v) is 5.38. The molecule has 0 aliphatic heterocycles. The van der Waals surface area contributed by atoms with Crippen LogP contribution in [0.3, 0.4) is 0 Å². The van der Waals surface area contributed by atoms with Gasteiger partial charge >= 0.3 is 6.18 Å². The van der Waals surface area contributed by atoms with Gasteiger partial charge in [0, 0.05) is 12.4 Å². The number of hydrogen-bond acceptors (Lipinski definition) is 6. The molecule has 0 saturated heterocycles. The number of anilines is 3. The van der Waals surface area contributed by atoms with E-state index in [9.17, 15) is 27.2 Å². The summed E-state index contributed by atoms with van der Waals surface area (Å²) < 4.78 is 52.8. The molecule has 0 radical (unpaired) electrons. The molecule has 12 heteroatoms. The molecule has 0 atom stereocenters. The maximum Gasteiger partial charge on any atom is 0.418 e. The molecule has 0 spiro atoms. The van der Waals surface area contributed by atoms with Gasteiger partial charge in [-0.05, 0) is 49.2 Å². The van der Waals surface area contributed by atoms with Gasteiger partial charge in [-0.3, -0.25) is 19.6 Å². The molecule has 3 aromatic rings. The first-order valence-electron chi connectivity index (χ1n) is 10.5. The number of nitrogens with zero attached hydrogens (tertiary/aromatic N) is 2. The van der Waals surface area contributed by atoms with E-state index >= 15 is 0 Å². The minimum absolute atomic E-state index is 0.0426. The van der Waals surface area contributed by atoms with E-state index < -0.39 is 29.0 Å². The topological polar surface area (TPSA) is 122 Å². The second-order valence-electron chi connectivity index (χ2n) is 8.08. The Hall–Kier alpha value is -4.22. The number of pyridine rings is 2. The van der Waals surface area contributed by atoms with E-state index in [1.165, 1.54) is 36.8 Å². The Morgan fingerprint density at radius 2 is 1.83 bits per heavy atom. The lowest BCUT2D eigenvalue weighted by Crippen LogP contribution is -2.48. The van der Waals surface area contributed by atoms with E-state index in [-0.39, 0.29) is 29.4 Å². The molecule has 1 aliphatic carbocycles. The number of carbonyl (C=O) groups is 2. The standard InChI is InChI=1S/C23H20F4N6O2/c24-14-1-4-19(18(8-14)23(25,26)27)32-17-3-2-16(30-12-17)11-31-21(35)22(5-6-22)33-20(34)13-7-15(28)10-29-9-13/h1-4,7-10,12,32H,5-6,11,28H2,(H,31,35)(H,33,34). The first kappa shape index (κ1) is 23.9. The predicted molar refractivity (Wildman–Crippen MR) is 119 cm³/mol. The average Bonchev–Trinajstić information content (AvgIpc) is 3.59. The summed E-state index contributed by atoms with van der Waals surface area (Å²) in [6.45, 7) is 0.0426. The van der Waals surface area contributed by atoms with Gasteiger partial charge in [0.25, 0.3) is 5.91 Å². The molecule has 1 aliphatic rings. The minimum Gasteiger partial charge on any atom is -0.397 e. The molecule has 2 heterocycles. The molecule has 1 aromatic carbocycles. The predicted octanol–water partition coefficient (Wildman–Crippen LogP) is 3.54. The van der Waals surface area contributed by atoms with Crippen LogP contribution in [-0.4, -0.2) is 27.3 Å². The summed E-state index contributed by atoms with van der Waals surface area (Å²) in [5.41, 5.74) is 4.41. The van der Waals surface area contributed by atoms with E-state index in [2.05, 4.69) is 25.9 Å². The van der Waals surface area contributed by atoms with Gasteiger partial charge in [-0.25, -0.2) is 4.39 Å². The zero-order valence-corrected chi connectivity index (χ0v) is 18.1. The van der Waals surface area contributed by atoms with E-state index in [0.29, 0.717) is 30.3 Å². The molecule has 2 amide bonds. The molecular formula is C23H20F4N6O2. The van der Waals surface area contributed by atoms with Crippen LogP contribution in [-0.2, 0) is 17.5 Å². The average molecular weight is 488 g/mol. The van der Waals surface area contributed by atoms with Crippen LogP contribution in [0.25, 0.3) is 0 Å². The van der Waals surface area contributed by atoms with Crippen molar-refractivity contribution in [2.75, 3.05) is 11.1 Å². The van der Waals surface area contributed by atoms with Crippen molar-refractivity contribution in [2.45, 2.75) is 31.1 Å². The Labute approximate surface area is 197 Å². The van der Waals surface area contributed by atoms with Crippen LogP contribution in [0.4, 0.5) is 34.6 Å². The number of amides is 2. The first-order chi connectivity index (χ1) is 16.6. The molecule has 4 rings (SSSR count). The number of halogens is 4. The Morgan fingerprint density at radius 1 is 1.06 bits per heavy atom. The highest BCUT2D eigenvalue weighted by atomic mass is 19.4. The van der Waals surface area contributed by atoms with Crippen LogP contribution in [0.2, 0.25) is 0 Å². The van der Waals surface area contributed by atoms with Crippen LogP contribution in [0.15, 0.2) is 55.0 Å². The number of carbonyl (C=O) groups excluding carboxylic acids is 2. The fraction of sp³-hybridized carbons (Fsp3) is 0.217. The molecule has 35 heavy (non-hydrogen) atoms. The van der Waals surface area contributed by atoms with Crippen molar-refractivity contribution >= 4 is 28.9 Å². The molecular weight excluding hydrogens is 468 g/mol. The zero-order chi connectivity index (χ0) is 25.2. The normalized spacial score (nSPS) is 14.2. The van der Waals surface area contributed by atoms with E-state index in [1.54, 1.807) is 0 Å². The number of rotatable bonds is 7. The molecule has 1 saturated carbocycles. The second-order valence-corrected chi connectivity index (χ2v) is 8.08. The van der Waals surface area contributed by atoms with Crippen LogP contribution >= 0.6 is 0 Å². The van der Waals surface area contributed by atoms with Gasteiger partial charge in [0.05, 0.1) is 46.6 Å². The van der Waals surface area contributed by atoms with Crippen molar-refractivity contribution in [3.05, 3.63) is 77.6 Å². The molecule has 2 aromatic heterocycles. The fourth-order valence-corrected chi connectivity index (χ4v) is 3.36. The highest BCUT2D eigenvalue weighted by Crippen LogP contribution is 2.37. The van der Waals surface area contributed by atoms with Crippen molar-refractivity contribution < 1.29 is 27.2 Å². The van der Waals surface area contributed by atoms with Crippen molar-refractivity contribution in [3.63, 3.8) is 0 Å². The molecule has 182 valence electrons. The Bertz CT molecular complexity index is 1260. The van der Waals surface area contributed by atoms with Crippen molar-refractivity contribution in [1.82, 2.24) is 20.6 Å². The summed E-state index contributed by atoms with van der Waals surface area (Å²) in [7, 11) is 0. The lowest BCUT2D eigenvalue weighted by molar-refractivity contribution is -0.137. The summed E-state index contributed by atoms with van der Waals surface area (Å²) in [6.07, 6.45) is 0.250. The number of nitrogens with two attached hydrogens (primary N) is 1. The highest BCUT2D eigenvalue weighted by molar-refractivity contribution is 6.00. The molecule has 1 fully saturated rings. The van der Waals surface area contributed by atoms with Crippen LogP contribution in [0.5, 0.6) is 0 Å². The summed E-state index contributed by atoms with van der Waals surface area (Å²) in [5, 5.41) is 7.99. The van der Waals surface area contributed by atoms with Crippen LogP contribution in [0.1, 0.15) is 34.5 Å². The Morgan fingerprint density at radius 3 is 2.46 bits per heavy atom. The number of nitrogens with one attached hydrogen (secondary N) is 3. The number of nitrogen functional groups attached to an aromatic ring is 1. The summed E-state index contributed by atoms with van der Waals surface area (Å²) in [5.74, 6) is -1.85. The smallest absolute Gasteiger partial charge is 0.397 e. The maximum atomic E-state index is 13.3. The minimum atomic E-state index is -4.74. The third-order valence-electron chi connectivity index (χ3n) is 5.38. The van der Waals surface area contributed by atoms with E-state index in [4.69, 9.17) is 5.73 Å². The zero-order valence-electron chi connectivity index (χ0n) is 18.1. The number of aromatic nitrogens is 2. The largest absolute Gasteiger partial charge is 0.418 e. The summed E-state index contributed by atoms with van der Waals surface area (Å²) >= 11 is 0. The fourth-order valence-electron chi connectivity index (χ4n) is 3.36. The van der Waals surface area contributed by atoms with Gasteiger partial charge in [0.2, 0.25) is 5.91 Å². The van der Waals surface area contributed by atoms with Gasteiger partial charge in [0.1, 0.15) is 11.4 Å². The summed E-state index contributed by atoms with van der Waals surface area (Å²) in [6, 6.07) is 6.80. The van der Waals surface area contributed by atoms with Crippen LogP contribution in [0, 0.1) is 5.82 Å². The highest BCUT2D eigenvalue weighted by Gasteiger charge is 2.51. The third kappa shape index (κ3) is 5.65. The summed E-state index contributed by atoms with van der Waals surface area (Å²) in [4.78, 5) is 33.1. The van der Waals surface area contributed by atoms with Gasteiger partial charge in [-0.15, -0.1) is 0 Å². The van der Waals surface area contributed by atoms with E-state index in [0.717, 1.165) is 12.1 Å². The number of alkyl halides is 3. The second kappa shape index (κ2) is 9.20. The number of benzene rings is 1. The van der Waals surface area contributed by atoms with Gasteiger partial charge in [0.15, 0.2) is 0 Å². The van der Waals surface area contributed by atoms with Crippen molar-refractivity contribution in [1.29, 1.82) is 0 Å². The van der Waals surface area contributed by atoms with Gasteiger partial charge < -0.3 is 21.7 Å². The molecule has 5 N–H and O–H groups in total. The quantitative estimate of drug-likeness (QED) is 0.378. The molecule has 8 nitrogen and oxygen atoms in total. The van der Waals surface area contributed by atoms with Crippen LogP contribution < -0.4 is 21.7 Å². The molecule has 0 unspecified atom stereocenters. The van der Waals surface area contributed by atoms with Crippen molar-refractivity contribution in [3.8, 4) is 0 Å². The maximum absolute atomic E-state index is 13.3.